The van der Waals surface area contributed by atoms with E-state index in [1.165, 1.54) is 11.3 Å². The number of nitrogens with zero attached hydrogens (tertiary/aromatic N) is 5. The predicted molar refractivity (Wildman–Crippen MR) is 120 cm³/mol. The number of hydrogen-bond acceptors (Lipinski definition) is 6. The van der Waals surface area contributed by atoms with Gasteiger partial charge in [0.25, 0.3) is 0 Å². The number of fused-ring (bicyclic) bond motifs is 3. The van der Waals surface area contributed by atoms with Crippen LogP contribution in [0.5, 0.6) is 0 Å². The molecule has 7 heteroatoms. The topological polar surface area (TPSA) is 55.0 Å². The second-order valence-corrected chi connectivity index (χ2v) is 8.77. The van der Waals surface area contributed by atoms with E-state index >= 15 is 0 Å². The Bertz CT molecular complexity index is 922. The minimum absolute atomic E-state index is 0.0831. The lowest BCUT2D eigenvalue weighted by molar-refractivity contribution is -0.118. The molecule has 2 saturated heterocycles. The zero-order chi connectivity index (χ0) is 20.7. The van der Waals surface area contributed by atoms with Crippen LogP contribution in [0.1, 0.15) is 11.1 Å². The van der Waals surface area contributed by atoms with E-state index in [4.69, 9.17) is 4.98 Å². The summed E-state index contributed by atoms with van der Waals surface area (Å²) < 4.78 is 0. The van der Waals surface area contributed by atoms with Crippen LogP contribution in [0, 0.1) is 6.92 Å². The van der Waals surface area contributed by atoms with Gasteiger partial charge >= 0.3 is 0 Å². The van der Waals surface area contributed by atoms with Gasteiger partial charge in [0.2, 0.25) is 5.91 Å². The molecule has 3 aliphatic rings. The first-order valence-corrected chi connectivity index (χ1v) is 10.9. The van der Waals surface area contributed by atoms with Crippen LogP contribution in [0.3, 0.4) is 0 Å². The molecule has 3 aliphatic heterocycles. The van der Waals surface area contributed by atoms with Gasteiger partial charge in [-0.3, -0.25) is 9.69 Å². The summed E-state index contributed by atoms with van der Waals surface area (Å²) in [6.07, 6.45) is 1.98. The standard InChI is InChI=1S/C23H30N6O/c1-17-3-5-19(6-4-17)28-10-8-27(9-11-28)15-18-13-20-22(24-14-18)29-12-7-26(2)16-21(29)23(30)25-20/h3-6,13-14,21H,7-12,15-16H2,1-2H3,(H,25,30). The first-order chi connectivity index (χ1) is 14.6. The highest BCUT2D eigenvalue weighted by Crippen LogP contribution is 2.32. The second kappa shape index (κ2) is 7.89. The zero-order valence-electron chi connectivity index (χ0n) is 17.8. The average molecular weight is 407 g/mol. The van der Waals surface area contributed by atoms with E-state index in [0.29, 0.717) is 0 Å². The van der Waals surface area contributed by atoms with Crippen molar-refractivity contribution in [3.05, 3.63) is 47.7 Å². The molecule has 1 amide bonds. The number of piperazine rings is 2. The number of aromatic nitrogens is 1. The highest BCUT2D eigenvalue weighted by Gasteiger charge is 2.37. The first-order valence-electron chi connectivity index (χ1n) is 10.9. The van der Waals surface area contributed by atoms with Gasteiger partial charge in [0, 0.05) is 64.2 Å². The normalized spacial score (nSPS) is 22.5. The number of nitrogens with one attached hydrogen (secondary N) is 1. The highest BCUT2D eigenvalue weighted by atomic mass is 16.2. The summed E-state index contributed by atoms with van der Waals surface area (Å²) in [6, 6.07) is 10.8. The van der Waals surface area contributed by atoms with E-state index in [9.17, 15) is 4.79 Å². The fraction of sp³-hybridized carbons (Fsp3) is 0.478. The number of hydrogen-bond donors (Lipinski definition) is 1. The van der Waals surface area contributed by atoms with Crippen molar-refractivity contribution in [2.24, 2.45) is 0 Å². The number of carbonyl (C=O) groups is 1. The van der Waals surface area contributed by atoms with Crippen LogP contribution >= 0.6 is 0 Å². The van der Waals surface area contributed by atoms with Crippen molar-refractivity contribution in [2.45, 2.75) is 19.5 Å². The monoisotopic (exact) mass is 406 g/mol. The van der Waals surface area contributed by atoms with Crippen molar-refractivity contribution in [1.29, 1.82) is 0 Å². The van der Waals surface area contributed by atoms with E-state index in [1.54, 1.807) is 0 Å². The van der Waals surface area contributed by atoms with E-state index in [0.717, 1.165) is 69.4 Å². The van der Waals surface area contributed by atoms with Gasteiger partial charge in [-0.05, 0) is 37.7 Å². The minimum atomic E-state index is -0.135. The molecule has 0 radical (unpaired) electrons. The zero-order valence-corrected chi connectivity index (χ0v) is 17.8. The summed E-state index contributed by atoms with van der Waals surface area (Å²) in [6.45, 7) is 9.65. The molecular weight excluding hydrogens is 376 g/mol. The van der Waals surface area contributed by atoms with Crippen molar-refractivity contribution in [3.63, 3.8) is 0 Å². The Hall–Kier alpha value is -2.64. The number of aryl methyl sites for hydroxylation is 1. The summed E-state index contributed by atoms with van der Waals surface area (Å²) in [7, 11) is 2.06. The van der Waals surface area contributed by atoms with E-state index in [2.05, 4.69) is 69.2 Å². The molecule has 1 aromatic carbocycles. The largest absolute Gasteiger partial charge is 0.369 e. The van der Waals surface area contributed by atoms with Crippen LogP contribution < -0.4 is 15.1 Å². The molecule has 0 saturated carbocycles. The molecule has 0 aliphatic carbocycles. The molecule has 1 unspecified atom stereocenters. The van der Waals surface area contributed by atoms with Gasteiger partial charge in [0.1, 0.15) is 6.04 Å². The maximum atomic E-state index is 12.6. The summed E-state index contributed by atoms with van der Waals surface area (Å²) in [5.74, 6) is 1.00. The number of rotatable bonds is 3. The molecule has 1 N–H and O–H groups in total. The minimum Gasteiger partial charge on any atom is -0.369 e. The number of likely N-dealkylation sites (N-methyl/N-ethyl adjacent to an activating group) is 1. The summed E-state index contributed by atoms with van der Waals surface area (Å²) in [5.41, 5.74) is 4.62. The Labute approximate surface area is 178 Å². The SMILES string of the molecule is Cc1ccc(N2CCN(Cc3cnc4c(c3)NC(=O)C3CN(C)CCN43)CC2)cc1. The number of pyridine rings is 1. The number of benzene rings is 1. The average Bonchev–Trinajstić information content (AvgIpc) is 2.75. The van der Waals surface area contributed by atoms with Gasteiger partial charge in [-0.15, -0.1) is 0 Å². The van der Waals surface area contributed by atoms with Gasteiger partial charge in [-0.1, -0.05) is 17.7 Å². The molecule has 30 heavy (non-hydrogen) atoms. The number of amides is 1. The second-order valence-electron chi connectivity index (χ2n) is 8.77. The summed E-state index contributed by atoms with van der Waals surface area (Å²) in [4.78, 5) is 26.7. The van der Waals surface area contributed by atoms with Gasteiger partial charge < -0.3 is 20.0 Å². The summed E-state index contributed by atoms with van der Waals surface area (Å²) in [5, 5.41) is 3.09. The van der Waals surface area contributed by atoms with Gasteiger partial charge in [-0.25, -0.2) is 4.98 Å². The Morgan fingerprint density at radius 1 is 1.07 bits per heavy atom. The maximum Gasteiger partial charge on any atom is 0.248 e. The van der Waals surface area contributed by atoms with Gasteiger partial charge in [-0.2, -0.15) is 0 Å². The van der Waals surface area contributed by atoms with Crippen LogP contribution in [-0.4, -0.2) is 79.6 Å². The van der Waals surface area contributed by atoms with Gasteiger partial charge in [0.15, 0.2) is 5.82 Å². The van der Waals surface area contributed by atoms with Crippen molar-refractivity contribution >= 4 is 23.1 Å². The Morgan fingerprint density at radius 3 is 2.60 bits per heavy atom. The molecule has 7 nitrogen and oxygen atoms in total. The maximum absolute atomic E-state index is 12.6. The smallest absolute Gasteiger partial charge is 0.248 e. The fourth-order valence-electron chi connectivity index (χ4n) is 4.70. The van der Waals surface area contributed by atoms with Crippen LogP contribution in [0.25, 0.3) is 0 Å². The Morgan fingerprint density at radius 2 is 1.83 bits per heavy atom. The van der Waals surface area contributed by atoms with E-state index in [-0.39, 0.29) is 11.9 Å². The molecule has 1 aromatic heterocycles. The highest BCUT2D eigenvalue weighted by molar-refractivity contribution is 6.03. The van der Waals surface area contributed by atoms with E-state index < -0.39 is 0 Å². The molecule has 5 rings (SSSR count). The molecule has 2 aromatic rings. The Kier molecular flexibility index (Phi) is 5.08. The van der Waals surface area contributed by atoms with E-state index in [1.807, 2.05) is 6.20 Å². The van der Waals surface area contributed by atoms with Crippen LogP contribution in [-0.2, 0) is 11.3 Å². The first kappa shape index (κ1) is 19.3. The molecule has 1 atom stereocenters. The lowest BCUT2D eigenvalue weighted by Gasteiger charge is -2.43. The molecule has 158 valence electrons. The van der Waals surface area contributed by atoms with Crippen LogP contribution in [0.4, 0.5) is 17.2 Å². The summed E-state index contributed by atoms with van der Waals surface area (Å²) >= 11 is 0. The molecule has 0 spiro atoms. The molecule has 0 bridgehead atoms. The van der Waals surface area contributed by atoms with Crippen LogP contribution in [0.15, 0.2) is 36.5 Å². The third-order valence-corrected chi connectivity index (χ3v) is 6.52. The third kappa shape index (κ3) is 3.75. The van der Waals surface area contributed by atoms with Crippen molar-refractivity contribution < 1.29 is 4.79 Å². The molecule has 2 fully saturated rings. The number of carbonyl (C=O) groups excluding carboxylic acids is 1. The van der Waals surface area contributed by atoms with Crippen molar-refractivity contribution in [1.82, 2.24) is 14.8 Å². The Balaban J connectivity index is 1.23. The van der Waals surface area contributed by atoms with Crippen molar-refractivity contribution in [2.75, 3.05) is 68.0 Å². The van der Waals surface area contributed by atoms with Gasteiger partial charge in [0.05, 0.1) is 5.69 Å². The lowest BCUT2D eigenvalue weighted by Crippen LogP contribution is -2.59. The molecule has 4 heterocycles. The van der Waals surface area contributed by atoms with Crippen molar-refractivity contribution in [3.8, 4) is 0 Å². The number of anilines is 3. The third-order valence-electron chi connectivity index (χ3n) is 6.52. The molecular formula is C23H30N6O. The van der Waals surface area contributed by atoms with Crippen LogP contribution in [0.2, 0.25) is 0 Å². The predicted octanol–water partition coefficient (Wildman–Crippen LogP) is 1.78. The lowest BCUT2D eigenvalue weighted by atomic mass is 10.1. The fourth-order valence-corrected chi connectivity index (χ4v) is 4.70. The quantitative estimate of drug-likeness (QED) is 0.839.